The molecule has 1 amide bonds. The van der Waals surface area contributed by atoms with E-state index < -0.39 is 0 Å². The van der Waals surface area contributed by atoms with E-state index in [9.17, 15) is 4.79 Å². The Morgan fingerprint density at radius 3 is 2.89 bits per heavy atom. The zero-order valence-corrected chi connectivity index (χ0v) is 11.6. The highest BCUT2D eigenvalue weighted by atomic mass is 35.5. The molecule has 0 aromatic heterocycles. The highest BCUT2D eigenvalue weighted by Crippen LogP contribution is 2.20. The van der Waals surface area contributed by atoms with Gasteiger partial charge in [0.15, 0.2) is 0 Å². The zero-order valence-electron chi connectivity index (χ0n) is 10.1. The van der Waals surface area contributed by atoms with E-state index in [0.29, 0.717) is 10.0 Å². The lowest BCUT2D eigenvalue weighted by atomic mass is 9.97. The van der Waals surface area contributed by atoms with Crippen LogP contribution >= 0.6 is 23.2 Å². The van der Waals surface area contributed by atoms with Gasteiger partial charge < -0.3 is 10.6 Å². The van der Waals surface area contributed by atoms with Crippen LogP contribution in [0.25, 0.3) is 0 Å². The van der Waals surface area contributed by atoms with Crippen molar-refractivity contribution in [3.8, 4) is 0 Å². The van der Waals surface area contributed by atoms with Gasteiger partial charge in [-0.2, -0.15) is 0 Å². The lowest BCUT2D eigenvalue weighted by Gasteiger charge is -2.28. The molecule has 2 rings (SSSR count). The SMILES string of the molecule is NC(=O)[C@@H]1CCC[NH+](Cc2ccc(Cl)cc2Cl)C1. The van der Waals surface area contributed by atoms with Gasteiger partial charge >= 0.3 is 0 Å². The van der Waals surface area contributed by atoms with E-state index in [-0.39, 0.29) is 11.8 Å². The molecule has 1 aromatic rings. The Labute approximate surface area is 117 Å². The van der Waals surface area contributed by atoms with Gasteiger partial charge in [0.25, 0.3) is 0 Å². The summed E-state index contributed by atoms with van der Waals surface area (Å²) in [6.07, 6.45) is 1.95. The maximum atomic E-state index is 11.2. The minimum atomic E-state index is -0.186. The Balaban J connectivity index is 2.02. The van der Waals surface area contributed by atoms with Gasteiger partial charge in [-0.05, 0) is 25.0 Å². The topological polar surface area (TPSA) is 47.5 Å². The van der Waals surface area contributed by atoms with Crippen molar-refractivity contribution >= 4 is 29.1 Å². The number of halogens is 2. The lowest BCUT2D eigenvalue weighted by molar-refractivity contribution is -0.921. The Bertz CT molecular complexity index is 451. The number of carbonyl (C=O) groups is 1. The van der Waals surface area contributed by atoms with Gasteiger partial charge in [-0.1, -0.05) is 29.3 Å². The maximum Gasteiger partial charge on any atom is 0.226 e. The fourth-order valence-electron chi connectivity index (χ4n) is 2.49. The first-order valence-electron chi connectivity index (χ1n) is 6.13. The number of piperidine rings is 1. The summed E-state index contributed by atoms with van der Waals surface area (Å²) in [5.74, 6) is -0.186. The molecule has 1 saturated heterocycles. The van der Waals surface area contributed by atoms with E-state index in [2.05, 4.69) is 0 Å². The number of rotatable bonds is 3. The normalized spacial score (nSPS) is 23.9. The van der Waals surface area contributed by atoms with Crippen LogP contribution < -0.4 is 10.6 Å². The van der Waals surface area contributed by atoms with E-state index in [1.807, 2.05) is 12.1 Å². The molecule has 0 bridgehead atoms. The van der Waals surface area contributed by atoms with Gasteiger partial charge in [-0.3, -0.25) is 4.79 Å². The van der Waals surface area contributed by atoms with Gasteiger partial charge in [0.05, 0.1) is 24.0 Å². The fourth-order valence-corrected chi connectivity index (χ4v) is 2.96. The molecule has 1 heterocycles. The van der Waals surface area contributed by atoms with Gasteiger partial charge in [0.2, 0.25) is 5.91 Å². The van der Waals surface area contributed by atoms with Gasteiger partial charge in [-0.15, -0.1) is 0 Å². The molecule has 3 nitrogen and oxygen atoms in total. The average Bonchev–Trinajstić information content (AvgIpc) is 2.33. The van der Waals surface area contributed by atoms with Gasteiger partial charge in [0.1, 0.15) is 6.54 Å². The van der Waals surface area contributed by atoms with Crippen molar-refractivity contribution in [2.45, 2.75) is 19.4 Å². The van der Waals surface area contributed by atoms with Gasteiger partial charge in [0, 0.05) is 10.6 Å². The summed E-state index contributed by atoms with van der Waals surface area (Å²) < 4.78 is 0. The van der Waals surface area contributed by atoms with E-state index in [1.54, 1.807) is 6.07 Å². The third kappa shape index (κ3) is 3.37. The number of primary amides is 1. The van der Waals surface area contributed by atoms with E-state index in [4.69, 9.17) is 28.9 Å². The van der Waals surface area contributed by atoms with Crippen molar-refractivity contribution in [2.24, 2.45) is 11.7 Å². The van der Waals surface area contributed by atoms with Crippen LogP contribution in [0.1, 0.15) is 18.4 Å². The number of amides is 1. The molecule has 5 heteroatoms. The minimum Gasteiger partial charge on any atom is -0.369 e. The molecule has 1 fully saturated rings. The second-order valence-corrected chi connectivity index (χ2v) is 5.70. The summed E-state index contributed by atoms with van der Waals surface area (Å²) in [5.41, 5.74) is 6.45. The summed E-state index contributed by atoms with van der Waals surface area (Å²) in [6.45, 7) is 2.68. The monoisotopic (exact) mass is 287 g/mol. The van der Waals surface area contributed by atoms with Crippen molar-refractivity contribution in [3.63, 3.8) is 0 Å². The maximum absolute atomic E-state index is 11.2. The second kappa shape index (κ2) is 5.91. The van der Waals surface area contributed by atoms with Crippen molar-refractivity contribution < 1.29 is 9.69 Å². The molecule has 2 atom stereocenters. The average molecular weight is 288 g/mol. The molecule has 0 saturated carbocycles. The molecule has 1 aliphatic heterocycles. The molecule has 1 aromatic carbocycles. The Kier molecular flexibility index (Phi) is 4.49. The summed E-state index contributed by atoms with van der Waals surface area (Å²) in [6, 6.07) is 5.55. The van der Waals surface area contributed by atoms with Crippen LogP contribution in [-0.2, 0) is 11.3 Å². The minimum absolute atomic E-state index is 0.000161. The quantitative estimate of drug-likeness (QED) is 0.864. The van der Waals surface area contributed by atoms with Crippen molar-refractivity contribution in [1.82, 2.24) is 0 Å². The second-order valence-electron chi connectivity index (χ2n) is 4.86. The van der Waals surface area contributed by atoms with Crippen LogP contribution in [0.15, 0.2) is 18.2 Å². The third-order valence-corrected chi connectivity index (χ3v) is 4.06. The summed E-state index contributed by atoms with van der Waals surface area (Å²) in [7, 11) is 0. The number of quaternary nitrogens is 1. The van der Waals surface area contributed by atoms with Crippen LogP contribution in [0.2, 0.25) is 10.0 Å². The Morgan fingerprint density at radius 2 is 2.22 bits per heavy atom. The van der Waals surface area contributed by atoms with Crippen LogP contribution in [0, 0.1) is 5.92 Å². The number of benzene rings is 1. The van der Waals surface area contributed by atoms with Crippen LogP contribution in [0.3, 0.4) is 0 Å². The Morgan fingerprint density at radius 1 is 1.44 bits per heavy atom. The van der Waals surface area contributed by atoms with Crippen LogP contribution in [0.5, 0.6) is 0 Å². The predicted octanol–water partition coefficient (Wildman–Crippen LogP) is 1.27. The number of nitrogens with two attached hydrogens (primary N) is 1. The number of nitrogens with one attached hydrogen (secondary N) is 1. The van der Waals surface area contributed by atoms with Crippen molar-refractivity contribution in [2.75, 3.05) is 13.1 Å². The number of carbonyl (C=O) groups excluding carboxylic acids is 1. The predicted molar refractivity (Wildman–Crippen MR) is 72.8 cm³/mol. The first-order chi connectivity index (χ1) is 8.56. The molecule has 0 radical (unpaired) electrons. The number of likely N-dealkylation sites (tertiary alicyclic amines) is 1. The first kappa shape index (κ1) is 13.7. The Hall–Kier alpha value is -0.770. The first-order valence-corrected chi connectivity index (χ1v) is 6.88. The molecular weight excluding hydrogens is 271 g/mol. The zero-order chi connectivity index (χ0) is 13.1. The molecule has 1 unspecified atom stereocenters. The van der Waals surface area contributed by atoms with Crippen LogP contribution in [-0.4, -0.2) is 19.0 Å². The highest BCUT2D eigenvalue weighted by molar-refractivity contribution is 6.35. The molecule has 0 spiro atoms. The van der Waals surface area contributed by atoms with Crippen molar-refractivity contribution in [3.05, 3.63) is 33.8 Å². The molecule has 1 aliphatic rings. The molecular formula is C13H17Cl2N2O+. The summed E-state index contributed by atoms with van der Waals surface area (Å²) in [5, 5.41) is 1.34. The molecule has 3 N–H and O–H groups in total. The highest BCUT2D eigenvalue weighted by Gasteiger charge is 2.27. The van der Waals surface area contributed by atoms with E-state index >= 15 is 0 Å². The smallest absolute Gasteiger partial charge is 0.226 e. The molecule has 18 heavy (non-hydrogen) atoms. The standard InChI is InChI=1S/C13H16Cl2N2O/c14-11-4-3-9(12(15)6-11)7-17-5-1-2-10(8-17)13(16)18/h3-4,6,10H,1-2,5,7-8H2,(H2,16,18)/p+1/t10-/m1/s1. The summed E-state index contributed by atoms with van der Waals surface area (Å²) >= 11 is 12.0. The number of hydrogen-bond donors (Lipinski definition) is 2. The van der Waals surface area contributed by atoms with Crippen LogP contribution in [0.4, 0.5) is 0 Å². The van der Waals surface area contributed by atoms with Gasteiger partial charge in [-0.25, -0.2) is 0 Å². The largest absolute Gasteiger partial charge is 0.369 e. The molecule has 0 aliphatic carbocycles. The summed E-state index contributed by atoms with van der Waals surface area (Å²) in [4.78, 5) is 12.6. The fraction of sp³-hybridized carbons (Fsp3) is 0.462. The number of hydrogen-bond acceptors (Lipinski definition) is 1. The molecule has 98 valence electrons. The van der Waals surface area contributed by atoms with Crippen molar-refractivity contribution in [1.29, 1.82) is 0 Å². The third-order valence-electron chi connectivity index (χ3n) is 3.48. The van der Waals surface area contributed by atoms with E-state index in [1.165, 1.54) is 4.90 Å². The lowest BCUT2D eigenvalue weighted by Crippen LogP contribution is -3.12. The van der Waals surface area contributed by atoms with E-state index in [0.717, 1.165) is 38.0 Å².